The molecule has 1 fully saturated rings. The molecule has 0 radical (unpaired) electrons. The van der Waals surface area contributed by atoms with E-state index in [0.717, 1.165) is 18.4 Å². The summed E-state index contributed by atoms with van der Waals surface area (Å²) in [4.78, 5) is 11.2. The van der Waals surface area contributed by atoms with Crippen LogP contribution >= 0.6 is 12.6 Å². The molecule has 0 saturated heterocycles. The van der Waals surface area contributed by atoms with Crippen LogP contribution in [0, 0.1) is 11.8 Å². The summed E-state index contributed by atoms with van der Waals surface area (Å²) in [5, 5.41) is 12.7. The van der Waals surface area contributed by atoms with E-state index in [1.165, 1.54) is 0 Å². The fourth-order valence-electron chi connectivity index (χ4n) is 2.85. The minimum atomic E-state index is -0.683. The zero-order chi connectivity index (χ0) is 13.8. The highest BCUT2D eigenvalue weighted by atomic mass is 32.1. The smallest absolute Gasteiger partial charge is 0.308 e. The van der Waals surface area contributed by atoms with Gasteiger partial charge in [0.2, 0.25) is 0 Å². The number of carbonyl (C=O) groups is 1. The van der Waals surface area contributed by atoms with Gasteiger partial charge in [0, 0.05) is 17.8 Å². The van der Waals surface area contributed by atoms with Gasteiger partial charge in [-0.2, -0.15) is 12.6 Å². The number of hydrogen-bond donors (Lipinski definition) is 3. The Morgan fingerprint density at radius 3 is 2.74 bits per heavy atom. The van der Waals surface area contributed by atoms with E-state index in [1.54, 1.807) is 0 Å². The van der Waals surface area contributed by atoms with E-state index in [9.17, 15) is 9.90 Å². The lowest BCUT2D eigenvalue weighted by Crippen LogP contribution is -2.37. The molecule has 4 heteroatoms. The normalized spacial score (nSPS) is 28.2. The number of carboxylic acids is 1. The molecule has 0 bridgehead atoms. The van der Waals surface area contributed by atoms with Gasteiger partial charge in [0.25, 0.3) is 0 Å². The van der Waals surface area contributed by atoms with Crippen molar-refractivity contribution in [3.05, 3.63) is 35.9 Å². The first-order valence-corrected chi connectivity index (χ1v) is 7.28. The molecule has 19 heavy (non-hydrogen) atoms. The van der Waals surface area contributed by atoms with Gasteiger partial charge in [-0.1, -0.05) is 37.3 Å². The van der Waals surface area contributed by atoms with Crippen LogP contribution in [0.1, 0.15) is 30.6 Å². The van der Waals surface area contributed by atoms with Crippen molar-refractivity contribution in [1.29, 1.82) is 0 Å². The van der Waals surface area contributed by atoms with Gasteiger partial charge >= 0.3 is 5.97 Å². The van der Waals surface area contributed by atoms with Crippen LogP contribution in [0.3, 0.4) is 0 Å². The van der Waals surface area contributed by atoms with Gasteiger partial charge in [0.1, 0.15) is 0 Å². The van der Waals surface area contributed by atoms with E-state index in [2.05, 4.69) is 24.9 Å². The monoisotopic (exact) mass is 279 g/mol. The fourth-order valence-corrected chi connectivity index (χ4v) is 3.12. The Kier molecular flexibility index (Phi) is 4.88. The minimum Gasteiger partial charge on any atom is -0.481 e. The molecule has 1 aromatic rings. The van der Waals surface area contributed by atoms with Crippen LogP contribution < -0.4 is 5.32 Å². The lowest BCUT2D eigenvalue weighted by Gasteiger charge is -2.20. The van der Waals surface area contributed by atoms with Crippen molar-refractivity contribution in [3.63, 3.8) is 0 Å². The van der Waals surface area contributed by atoms with Gasteiger partial charge < -0.3 is 10.4 Å². The number of carboxylic acid groups (broad SMARTS) is 1. The van der Waals surface area contributed by atoms with Gasteiger partial charge in [-0.25, -0.2) is 0 Å². The molecule has 1 aliphatic carbocycles. The Morgan fingerprint density at radius 1 is 1.42 bits per heavy atom. The van der Waals surface area contributed by atoms with Crippen LogP contribution in [-0.4, -0.2) is 23.7 Å². The molecule has 0 aromatic heterocycles. The largest absolute Gasteiger partial charge is 0.481 e. The second-order valence-electron chi connectivity index (χ2n) is 5.46. The molecule has 0 aliphatic heterocycles. The number of hydrogen-bond acceptors (Lipinski definition) is 3. The van der Waals surface area contributed by atoms with Crippen molar-refractivity contribution in [1.82, 2.24) is 5.32 Å². The van der Waals surface area contributed by atoms with Crippen LogP contribution in [0.2, 0.25) is 0 Å². The predicted molar refractivity (Wildman–Crippen MR) is 79.5 cm³/mol. The SMILES string of the molecule is CC1CC(NCC(S)c2ccccc2)C(C(=O)O)C1. The van der Waals surface area contributed by atoms with E-state index in [1.807, 2.05) is 30.3 Å². The fraction of sp³-hybridized carbons (Fsp3) is 0.533. The van der Waals surface area contributed by atoms with Crippen LogP contribution in [0.5, 0.6) is 0 Å². The van der Waals surface area contributed by atoms with E-state index in [4.69, 9.17) is 0 Å². The molecule has 1 aromatic carbocycles. The minimum absolute atomic E-state index is 0.0749. The summed E-state index contributed by atoms with van der Waals surface area (Å²) in [5.41, 5.74) is 1.16. The van der Waals surface area contributed by atoms with Crippen molar-refractivity contribution < 1.29 is 9.90 Å². The highest BCUT2D eigenvalue weighted by molar-refractivity contribution is 7.80. The first-order chi connectivity index (χ1) is 9.08. The lowest BCUT2D eigenvalue weighted by molar-refractivity contribution is -0.142. The first kappa shape index (κ1) is 14.4. The maximum absolute atomic E-state index is 11.2. The van der Waals surface area contributed by atoms with Gasteiger partial charge in [0.15, 0.2) is 0 Å². The lowest BCUT2D eigenvalue weighted by atomic mass is 10.0. The molecule has 0 heterocycles. The molecule has 3 nitrogen and oxygen atoms in total. The zero-order valence-electron chi connectivity index (χ0n) is 11.1. The van der Waals surface area contributed by atoms with Crippen LogP contribution in [0.4, 0.5) is 0 Å². The van der Waals surface area contributed by atoms with E-state index in [0.29, 0.717) is 12.5 Å². The Balaban J connectivity index is 1.89. The maximum Gasteiger partial charge on any atom is 0.308 e. The standard InChI is InChI=1S/C15H21NO2S/c1-10-7-12(15(17)18)13(8-10)16-9-14(19)11-5-3-2-4-6-11/h2-6,10,12-14,16,19H,7-9H2,1H3,(H,17,18). The highest BCUT2D eigenvalue weighted by Gasteiger charge is 2.36. The summed E-state index contributed by atoms with van der Waals surface area (Å²) in [6.45, 7) is 2.82. The quantitative estimate of drug-likeness (QED) is 0.726. The summed E-state index contributed by atoms with van der Waals surface area (Å²) in [7, 11) is 0. The van der Waals surface area contributed by atoms with E-state index in [-0.39, 0.29) is 17.2 Å². The Hall–Kier alpha value is -1.00. The topological polar surface area (TPSA) is 49.3 Å². The van der Waals surface area contributed by atoms with Crippen LogP contribution in [0.15, 0.2) is 30.3 Å². The summed E-state index contributed by atoms with van der Waals surface area (Å²) >= 11 is 4.59. The molecule has 104 valence electrons. The maximum atomic E-state index is 11.2. The zero-order valence-corrected chi connectivity index (χ0v) is 12.0. The molecule has 2 rings (SSSR count). The third-order valence-electron chi connectivity index (χ3n) is 3.87. The molecular weight excluding hydrogens is 258 g/mol. The van der Waals surface area contributed by atoms with Crippen molar-refractivity contribution in [2.45, 2.75) is 31.1 Å². The summed E-state index contributed by atoms with van der Waals surface area (Å²) in [5.74, 6) is -0.461. The summed E-state index contributed by atoms with van der Waals surface area (Å²) < 4.78 is 0. The van der Waals surface area contributed by atoms with E-state index >= 15 is 0 Å². The number of thiol groups is 1. The average Bonchev–Trinajstić information content (AvgIpc) is 2.78. The third-order valence-corrected chi connectivity index (χ3v) is 4.35. The molecule has 2 N–H and O–H groups in total. The number of rotatable bonds is 5. The van der Waals surface area contributed by atoms with Gasteiger partial charge in [-0.15, -0.1) is 0 Å². The van der Waals surface area contributed by atoms with E-state index < -0.39 is 5.97 Å². The number of aliphatic carboxylic acids is 1. The van der Waals surface area contributed by atoms with Crippen molar-refractivity contribution in [2.75, 3.05) is 6.54 Å². The Bertz CT molecular complexity index is 423. The Labute approximate surface area is 119 Å². The molecule has 4 atom stereocenters. The number of nitrogens with one attached hydrogen (secondary N) is 1. The van der Waals surface area contributed by atoms with Crippen LogP contribution in [0.25, 0.3) is 0 Å². The predicted octanol–water partition coefficient (Wildman–Crippen LogP) is 2.75. The summed E-state index contributed by atoms with van der Waals surface area (Å²) in [6, 6.07) is 10.1. The molecule has 1 aliphatic rings. The molecule has 1 saturated carbocycles. The van der Waals surface area contributed by atoms with Crippen molar-refractivity contribution in [2.24, 2.45) is 11.8 Å². The molecular formula is C15H21NO2S. The average molecular weight is 279 g/mol. The molecule has 4 unspecified atom stereocenters. The van der Waals surface area contributed by atoms with Crippen molar-refractivity contribution in [3.8, 4) is 0 Å². The van der Waals surface area contributed by atoms with Gasteiger partial charge in [-0.05, 0) is 24.3 Å². The molecule has 0 amide bonds. The third kappa shape index (κ3) is 3.74. The second kappa shape index (κ2) is 6.44. The Morgan fingerprint density at radius 2 is 2.11 bits per heavy atom. The van der Waals surface area contributed by atoms with Gasteiger partial charge in [-0.3, -0.25) is 4.79 Å². The first-order valence-electron chi connectivity index (χ1n) is 6.77. The summed E-state index contributed by atoms with van der Waals surface area (Å²) in [6.07, 6.45) is 1.71. The number of benzene rings is 1. The van der Waals surface area contributed by atoms with Crippen molar-refractivity contribution >= 4 is 18.6 Å². The van der Waals surface area contributed by atoms with Crippen LogP contribution in [-0.2, 0) is 4.79 Å². The molecule has 0 spiro atoms. The second-order valence-corrected chi connectivity index (χ2v) is 6.09. The highest BCUT2D eigenvalue weighted by Crippen LogP contribution is 2.31. The van der Waals surface area contributed by atoms with Gasteiger partial charge in [0.05, 0.1) is 5.92 Å².